The van der Waals surface area contributed by atoms with E-state index in [1.54, 1.807) is 20.8 Å². The summed E-state index contributed by atoms with van der Waals surface area (Å²) in [7, 11) is 0. The maximum Gasteiger partial charge on any atom is 0.332 e. The van der Waals surface area contributed by atoms with Crippen LogP contribution in [0.5, 0.6) is 0 Å². The van der Waals surface area contributed by atoms with Crippen LogP contribution >= 0.6 is 0 Å². The van der Waals surface area contributed by atoms with Crippen molar-refractivity contribution in [1.82, 2.24) is 10.5 Å². The van der Waals surface area contributed by atoms with Gasteiger partial charge in [-0.3, -0.25) is 4.79 Å². The summed E-state index contributed by atoms with van der Waals surface area (Å²) in [5.74, 6) is -0.709. The first-order chi connectivity index (χ1) is 8.47. The average molecular weight is 255 g/mol. The highest BCUT2D eigenvalue weighted by Crippen LogP contribution is 2.11. The number of hydrogen-bond acceptors (Lipinski definition) is 6. The van der Waals surface area contributed by atoms with Crippen molar-refractivity contribution >= 4 is 11.9 Å². The quantitative estimate of drug-likeness (QED) is 0.557. The molecule has 3 N–H and O–H groups in total. The minimum absolute atomic E-state index is 0.184. The van der Waals surface area contributed by atoms with Crippen LogP contribution in [-0.2, 0) is 20.9 Å². The largest absolute Gasteiger partial charge is 0.464 e. The van der Waals surface area contributed by atoms with Crippen LogP contribution < -0.4 is 11.1 Å². The lowest BCUT2D eigenvalue weighted by Gasteiger charge is -2.10. The number of hydrogen-bond donors (Lipinski definition) is 2. The second-order valence-corrected chi connectivity index (χ2v) is 3.75. The summed E-state index contributed by atoms with van der Waals surface area (Å²) >= 11 is 0. The Morgan fingerprint density at radius 3 is 2.67 bits per heavy atom. The Kier molecular flexibility index (Phi) is 4.85. The van der Waals surface area contributed by atoms with Crippen LogP contribution in [0.3, 0.4) is 0 Å². The van der Waals surface area contributed by atoms with Crippen molar-refractivity contribution in [2.45, 2.75) is 33.4 Å². The topological polar surface area (TPSA) is 107 Å². The molecule has 0 radical (unpaired) electrons. The van der Waals surface area contributed by atoms with Gasteiger partial charge < -0.3 is 20.3 Å². The standard InChI is InChI=1S/C11H17N3O4/c1-4-17-11(16)9(12)10(15)13-5-8-6(2)14-18-7(8)3/h9H,4-5,12H2,1-3H3,(H,13,15). The van der Waals surface area contributed by atoms with Crippen molar-refractivity contribution in [3.8, 4) is 0 Å². The number of amides is 1. The van der Waals surface area contributed by atoms with E-state index < -0.39 is 17.9 Å². The molecule has 0 saturated carbocycles. The molecular formula is C11H17N3O4. The second kappa shape index (κ2) is 6.15. The van der Waals surface area contributed by atoms with Gasteiger partial charge in [0, 0.05) is 12.1 Å². The molecule has 0 aliphatic carbocycles. The van der Waals surface area contributed by atoms with Crippen LogP contribution in [0.25, 0.3) is 0 Å². The number of nitrogens with zero attached hydrogens (tertiary/aromatic N) is 1. The molecule has 0 aliphatic heterocycles. The van der Waals surface area contributed by atoms with E-state index in [9.17, 15) is 9.59 Å². The molecule has 1 rings (SSSR count). The predicted molar refractivity (Wildman–Crippen MR) is 62.4 cm³/mol. The molecule has 0 bridgehead atoms. The van der Waals surface area contributed by atoms with E-state index in [-0.39, 0.29) is 13.2 Å². The highest BCUT2D eigenvalue weighted by molar-refractivity contribution is 6.01. The van der Waals surface area contributed by atoms with Crippen molar-refractivity contribution in [2.24, 2.45) is 5.73 Å². The number of carbonyl (C=O) groups excluding carboxylic acids is 2. The lowest BCUT2D eigenvalue weighted by molar-refractivity contribution is -0.148. The number of aromatic nitrogens is 1. The molecule has 1 amide bonds. The zero-order valence-corrected chi connectivity index (χ0v) is 10.6. The molecule has 1 atom stereocenters. The number of ether oxygens (including phenoxy) is 1. The van der Waals surface area contributed by atoms with E-state index in [1.165, 1.54) is 0 Å². The maximum absolute atomic E-state index is 11.6. The predicted octanol–water partition coefficient (Wildman–Crippen LogP) is -0.202. The van der Waals surface area contributed by atoms with Gasteiger partial charge in [0.25, 0.3) is 0 Å². The van der Waals surface area contributed by atoms with E-state index in [2.05, 4.69) is 15.2 Å². The van der Waals surface area contributed by atoms with Crippen LogP contribution in [0.15, 0.2) is 4.52 Å². The normalized spacial score (nSPS) is 12.0. The Bertz CT molecular complexity index is 422. The number of esters is 1. The summed E-state index contributed by atoms with van der Waals surface area (Å²) in [6.45, 7) is 5.55. The number of nitrogens with two attached hydrogens (primary N) is 1. The molecule has 1 unspecified atom stereocenters. The van der Waals surface area contributed by atoms with Crippen LogP contribution in [0, 0.1) is 13.8 Å². The van der Waals surface area contributed by atoms with E-state index in [0.29, 0.717) is 11.5 Å². The van der Waals surface area contributed by atoms with Crippen molar-refractivity contribution in [3.05, 3.63) is 17.0 Å². The first-order valence-electron chi connectivity index (χ1n) is 5.59. The molecule has 1 heterocycles. The molecular weight excluding hydrogens is 238 g/mol. The molecule has 0 aromatic carbocycles. The van der Waals surface area contributed by atoms with Gasteiger partial charge in [0.05, 0.1) is 12.3 Å². The molecule has 7 nitrogen and oxygen atoms in total. The van der Waals surface area contributed by atoms with Gasteiger partial charge in [-0.2, -0.15) is 0 Å². The summed E-state index contributed by atoms with van der Waals surface area (Å²) in [6.07, 6.45) is 0. The van der Waals surface area contributed by atoms with Crippen molar-refractivity contribution in [3.63, 3.8) is 0 Å². The molecule has 1 aromatic rings. The van der Waals surface area contributed by atoms with Gasteiger partial charge in [-0.15, -0.1) is 0 Å². The number of nitrogens with one attached hydrogen (secondary N) is 1. The van der Waals surface area contributed by atoms with E-state index in [1.807, 2.05) is 0 Å². The minimum atomic E-state index is -1.31. The van der Waals surface area contributed by atoms with Crippen molar-refractivity contribution < 1.29 is 18.8 Å². The third-order valence-corrected chi connectivity index (χ3v) is 2.44. The monoisotopic (exact) mass is 255 g/mol. The first kappa shape index (κ1) is 14.2. The van der Waals surface area contributed by atoms with Crippen LogP contribution in [0.4, 0.5) is 0 Å². The SMILES string of the molecule is CCOC(=O)C(N)C(=O)NCc1c(C)noc1C. The van der Waals surface area contributed by atoms with Crippen LogP contribution in [-0.4, -0.2) is 29.7 Å². The molecule has 0 aliphatic rings. The Morgan fingerprint density at radius 1 is 1.50 bits per heavy atom. The molecule has 18 heavy (non-hydrogen) atoms. The summed E-state index contributed by atoms with van der Waals surface area (Å²) in [5.41, 5.74) is 6.91. The molecule has 0 fully saturated rings. The fourth-order valence-corrected chi connectivity index (χ4v) is 1.38. The van der Waals surface area contributed by atoms with Gasteiger partial charge in [-0.25, -0.2) is 4.79 Å². The summed E-state index contributed by atoms with van der Waals surface area (Å²) in [5, 5.41) is 6.30. The van der Waals surface area contributed by atoms with Crippen LogP contribution in [0.1, 0.15) is 23.9 Å². The third-order valence-electron chi connectivity index (χ3n) is 2.44. The molecule has 0 spiro atoms. The molecule has 1 aromatic heterocycles. The van der Waals surface area contributed by atoms with Crippen molar-refractivity contribution in [1.29, 1.82) is 0 Å². The van der Waals surface area contributed by atoms with Crippen LogP contribution in [0.2, 0.25) is 0 Å². The van der Waals surface area contributed by atoms with E-state index in [4.69, 9.17) is 10.3 Å². The first-order valence-corrected chi connectivity index (χ1v) is 5.59. The van der Waals surface area contributed by atoms with Crippen molar-refractivity contribution in [2.75, 3.05) is 6.61 Å². The van der Waals surface area contributed by atoms with Gasteiger partial charge in [-0.1, -0.05) is 5.16 Å². The van der Waals surface area contributed by atoms with Gasteiger partial charge in [0.2, 0.25) is 5.91 Å². The molecule has 0 saturated heterocycles. The smallest absolute Gasteiger partial charge is 0.332 e. The Balaban J connectivity index is 2.54. The minimum Gasteiger partial charge on any atom is -0.464 e. The Morgan fingerprint density at radius 2 is 2.17 bits per heavy atom. The fourth-order valence-electron chi connectivity index (χ4n) is 1.38. The third kappa shape index (κ3) is 3.30. The Hall–Kier alpha value is -1.89. The summed E-state index contributed by atoms with van der Waals surface area (Å²) < 4.78 is 9.60. The van der Waals surface area contributed by atoms with Gasteiger partial charge >= 0.3 is 5.97 Å². The number of aryl methyl sites for hydroxylation is 2. The summed E-state index contributed by atoms with van der Waals surface area (Å²) in [4.78, 5) is 22.8. The number of carbonyl (C=O) groups is 2. The van der Waals surface area contributed by atoms with Gasteiger partial charge in [0.1, 0.15) is 5.76 Å². The lowest BCUT2D eigenvalue weighted by Crippen LogP contribution is -2.46. The molecule has 100 valence electrons. The van der Waals surface area contributed by atoms with E-state index >= 15 is 0 Å². The number of rotatable bonds is 5. The molecule has 7 heteroatoms. The summed E-state index contributed by atoms with van der Waals surface area (Å²) in [6, 6.07) is -1.31. The van der Waals surface area contributed by atoms with Gasteiger partial charge in [-0.05, 0) is 20.8 Å². The zero-order valence-electron chi connectivity index (χ0n) is 10.6. The zero-order chi connectivity index (χ0) is 13.7. The average Bonchev–Trinajstić information content (AvgIpc) is 2.65. The highest BCUT2D eigenvalue weighted by Gasteiger charge is 2.23. The Labute approximate surface area is 105 Å². The van der Waals surface area contributed by atoms with E-state index in [0.717, 1.165) is 5.56 Å². The maximum atomic E-state index is 11.6. The lowest BCUT2D eigenvalue weighted by atomic mass is 10.2. The van der Waals surface area contributed by atoms with Gasteiger partial charge in [0.15, 0.2) is 6.04 Å². The second-order valence-electron chi connectivity index (χ2n) is 3.75. The highest BCUT2D eigenvalue weighted by atomic mass is 16.5. The fraction of sp³-hybridized carbons (Fsp3) is 0.545.